The number of thiophene rings is 1. The highest BCUT2D eigenvalue weighted by Crippen LogP contribution is 2.38. The van der Waals surface area contributed by atoms with Gasteiger partial charge in [-0.2, -0.15) is 0 Å². The van der Waals surface area contributed by atoms with E-state index in [0.717, 1.165) is 19.3 Å². The maximum atomic E-state index is 11.9. The van der Waals surface area contributed by atoms with Gasteiger partial charge >= 0.3 is 5.97 Å². The molecule has 1 unspecified atom stereocenters. The molecule has 1 aromatic heterocycles. The van der Waals surface area contributed by atoms with Crippen molar-refractivity contribution in [3.05, 3.63) is 21.4 Å². The highest BCUT2D eigenvalue weighted by molar-refractivity contribution is 7.14. The molecule has 1 heterocycles. The first-order valence-corrected chi connectivity index (χ1v) is 7.38. The van der Waals surface area contributed by atoms with Crippen molar-refractivity contribution in [1.29, 1.82) is 0 Å². The number of carbonyl (C=O) groups excluding carboxylic acids is 1. The minimum Gasteiger partial charge on any atom is -0.459 e. The van der Waals surface area contributed by atoms with E-state index in [9.17, 15) is 4.79 Å². The molecule has 2 rings (SSSR count). The first-order valence-electron chi connectivity index (χ1n) is 6.57. The quantitative estimate of drug-likeness (QED) is 0.781. The van der Waals surface area contributed by atoms with Gasteiger partial charge in [-0.15, -0.1) is 11.3 Å². The van der Waals surface area contributed by atoms with Gasteiger partial charge in [0.05, 0.1) is 12.2 Å². The topological polar surface area (TPSA) is 35.5 Å². The van der Waals surface area contributed by atoms with E-state index in [0.29, 0.717) is 11.5 Å². The first-order chi connectivity index (χ1) is 8.61. The summed E-state index contributed by atoms with van der Waals surface area (Å²) in [6.45, 7) is 6.46. The van der Waals surface area contributed by atoms with Gasteiger partial charge in [0.2, 0.25) is 0 Å². The summed E-state index contributed by atoms with van der Waals surface area (Å²) in [5.41, 5.74) is 1.20. The fraction of sp³-hybridized carbons (Fsp3) is 0.643. The molecule has 100 valence electrons. The van der Waals surface area contributed by atoms with Crippen LogP contribution in [0.2, 0.25) is 0 Å². The molecule has 0 radical (unpaired) electrons. The van der Waals surface area contributed by atoms with E-state index in [1.807, 2.05) is 26.8 Å². The molecular weight excluding hydrogens is 248 g/mol. The standard InChI is InChI=1S/C14H20O3S/c1-4-16-11-6-5-7-12-10(11)8-13(18-12)14(15)17-9(2)3/h8-9,11H,4-7H2,1-3H3. The fourth-order valence-electron chi connectivity index (χ4n) is 2.26. The third-order valence-corrected chi connectivity index (χ3v) is 4.16. The predicted molar refractivity (Wildman–Crippen MR) is 72.2 cm³/mol. The van der Waals surface area contributed by atoms with Crippen LogP contribution in [-0.4, -0.2) is 18.7 Å². The van der Waals surface area contributed by atoms with Gasteiger partial charge in [-0.3, -0.25) is 0 Å². The molecule has 0 aromatic carbocycles. The fourth-order valence-corrected chi connectivity index (χ4v) is 3.40. The van der Waals surface area contributed by atoms with Crippen LogP contribution in [0, 0.1) is 0 Å². The van der Waals surface area contributed by atoms with Crippen molar-refractivity contribution >= 4 is 17.3 Å². The number of esters is 1. The first kappa shape index (κ1) is 13.6. The summed E-state index contributed by atoms with van der Waals surface area (Å²) >= 11 is 1.56. The molecule has 18 heavy (non-hydrogen) atoms. The van der Waals surface area contributed by atoms with E-state index in [2.05, 4.69) is 0 Å². The van der Waals surface area contributed by atoms with Gasteiger partial charge in [0.1, 0.15) is 4.88 Å². The molecule has 0 bridgehead atoms. The van der Waals surface area contributed by atoms with Crippen molar-refractivity contribution in [1.82, 2.24) is 0 Å². The summed E-state index contributed by atoms with van der Waals surface area (Å²) in [6, 6.07) is 1.96. The van der Waals surface area contributed by atoms with Gasteiger partial charge in [-0.05, 0) is 51.7 Å². The number of fused-ring (bicyclic) bond motifs is 1. The molecule has 1 aliphatic carbocycles. The maximum absolute atomic E-state index is 11.9. The number of aryl methyl sites for hydroxylation is 1. The second-order valence-corrected chi connectivity index (χ2v) is 5.92. The van der Waals surface area contributed by atoms with Crippen molar-refractivity contribution in [3.63, 3.8) is 0 Å². The summed E-state index contributed by atoms with van der Waals surface area (Å²) in [4.78, 5) is 13.9. The Hall–Kier alpha value is -0.870. The zero-order valence-electron chi connectivity index (χ0n) is 11.2. The van der Waals surface area contributed by atoms with E-state index in [-0.39, 0.29) is 18.2 Å². The maximum Gasteiger partial charge on any atom is 0.348 e. The molecule has 1 atom stereocenters. The summed E-state index contributed by atoms with van der Waals surface area (Å²) in [5.74, 6) is -0.209. The summed E-state index contributed by atoms with van der Waals surface area (Å²) in [7, 11) is 0. The molecular formula is C14H20O3S. The van der Waals surface area contributed by atoms with Crippen LogP contribution in [0.25, 0.3) is 0 Å². The molecule has 1 aromatic rings. The van der Waals surface area contributed by atoms with Crippen LogP contribution >= 0.6 is 11.3 Å². The molecule has 0 saturated heterocycles. The zero-order chi connectivity index (χ0) is 13.1. The van der Waals surface area contributed by atoms with Crippen molar-refractivity contribution in [3.8, 4) is 0 Å². The average molecular weight is 268 g/mol. The van der Waals surface area contributed by atoms with Gasteiger partial charge in [0, 0.05) is 11.5 Å². The van der Waals surface area contributed by atoms with E-state index in [1.165, 1.54) is 10.4 Å². The predicted octanol–water partition coefficient (Wildman–Crippen LogP) is 3.73. The molecule has 0 aliphatic heterocycles. The van der Waals surface area contributed by atoms with E-state index in [1.54, 1.807) is 11.3 Å². The Balaban J connectivity index is 2.18. The van der Waals surface area contributed by atoms with Gasteiger partial charge in [-0.25, -0.2) is 4.79 Å². The molecule has 0 spiro atoms. The molecule has 3 nitrogen and oxygen atoms in total. The van der Waals surface area contributed by atoms with Crippen LogP contribution in [0.1, 0.15) is 59.8 Å². The highest BCUT2D eigenvalue weighted by Gasteiger charge is 2.25. The van der Waals surface area contributed by atoms with Crippen LogP contribution in [0.15, 0.2) is 6.07 Å². The number of hydrogen-bond donors (Lipinski definition) is 0. The monoisotopic (exact) mass is 268 g/mol. The number of ether oxygens (including phenoxy) is 2. The number of hydrogen-bond acceptors (Lipinski definition) is 4. The molecule has 0 amide bonds. The Kier molecular flexibility index (Phi) is 4.40. The Morgan fingerprint density at radius 2 is 2.33 bits per heavy atom. The second-order valence-electron chi connectivity index (χ2n) is 4.78. The van der Waals surface area contributed by atoms with Crippen molar-refractivity contribution < 1.29 is 14.3 Å². The smallest absolute Gasteiger partial charge is 0.348 e. The summed E-state index contributed by atoms with van der Waals surface area (Å²) in [6.07, 6.45) is 3.33. The lowest BCUT2D eigenvalue weighted by molar-refractivity contribution is 0.0382. The minimum absolute atomic E-state index is 0.0701. The van der Waals surface area contributed by atoms with Crippen LogP contribution in [-0.2, 0) is 15.9 Å². The lowest BCUT2D eigenvalue weighted by Gasteiger charge is -2.21. The van der Waals surface area contributed by atoms with Crippen LogP contribution in [0.5, 0.6) is 0 Å². The Morgan fingerprint density at radius 3 is 3.00 bits per heavy atom. The van der Waals surface area contributed by atoms with Crippen molar-refractivity contribution in [2.45, 2.75) is 52.2 Å². The second kappa shape index (κ2) is 5.85. The van der Waals surface area contributed by atoms with E-state index >= 15 is 0 Å². The third kappa shape index (κ3) is 2.93. The van der Waals surface area contributed by atoms with Gasteiger partial charge < -0.3 is 9.47 Å². The number of carbonyl (C=O) groups is 1. The highest BCUT2D eigenvalue weighted by atomic mass is 32.1. The summed E-state index contributed by atoms with van der Waals surface area (Å²) < 4.78 is 11.0. The van der Waals surface area contributed by atoms with Crippen LogP contribution < -0.4 is 0 Å². The van der Waals surface area contributed by atoms with E-state index < -0.39 is 0 Å². The number of rotatable bonds is 4. The minimum atomic E-state index is -0.209. The summed E-state index contributed by atoms with van der Waals surface area (Å²) in [5, 5.41) is 0. The zero-order valence-corrected chi connectivity index (χ0v) is 12.0. The molecule has 1 aliphatic rings. The Morgan fingerprint density at radius 1 is 1.56 bits per heavy atom. The van der Waals surface area contributed by atoms with Gasteiger partial charge in [0.15, 0.2) is 0 Å². The van der Waals surface area contributed by atoms with Gasteiger partial charge in [0.25, 0.3) is 0 Å². The Labute approximate surface area is 112 Å². The molecule has 4 heteroatoms. The largest absolute Gasteiger partial charge is 0.459 e. The molecule has 0 saturated carbocycles. The van der Waals surface area contributed by atoms with Crippen LogP contribution in [0.3, 0.4) is 0 Å². The average Bonchev–Trinajstić information content (AvgIpc) is 2.73. The lowest BCUT2D eigenvalue weighted by atomic mass is 9.96. The Bertz CT molecular complexity index is 423. The normalized spacial score (nSPS) is 18.8. The van der Waals surface area contributed by atoms with E-state index in [4.69, 9.17) is 9.47 Å². The SMILES string of the molecule is CCOC1CCCc2sc(C(=O)OC(C)C)cc21. The lowest BCUT2D eigenvalue weighted by Crippen LogP contribution is -2.11. The molecule has 0 N–H and O–H groups in total. The van der Waals surface area contributed by atoms with Crippen molar-refractivity contribution in [2.75, 3.05) is 6.61 Å². The van der Waals surface area contributed by atoms with Crippen LogP contribution in [0.4, 0.5) is 0 Å². The van der Waals surface area contributed by atoms with Crippen molar-refractivity contribution in [2.24, 2.45) is 0 Å². The van der Waals surface area contributed by atoms with Gasteiger partial charge in [-0.1, -0.05) is 0 Å². The molecule has 0 fully saturated rings. The third-order valence-electron chi connectivity index (χ3n) is 2.97.